The Balaban J connectivity index is 2.31. The van der Waals surface area contributed by atoms with Crippen molar-refractivity contribution in [3.8, 4) is 0 Å². The third kappa shape index (κ3) is 1.61. The average Bonchev–Trinajstić information content (AvgIpc) is 2.36. The molecule has 0 radical (unpaired) electrons. The van der Waals surface area contributed by atoms with Gasteiger partial charge in [0.1, 0.15) is 0 Å². The van der Waals surface area contributed by atoms with Crippen LogP contribution in [0.5, 0.6) is 0 Å². The van der Waals surface area contributed by atoms with Crippen molar-refractivity contribution in [3.05, 3.63) is 36.5 Å². The molecule has 0 aliphatic heterocycles. The molecule has 0 heterocycles. The summed E-state index contributed by atoms with van der Waals surface area (Å²) in [5.41, 5.74) is 0. The van der Waals surface area contributed by atoms with Gasteiger partial charge in [-0.1, -0.05) is 43.4 Å². The first kappa shape index (κ1) is 8.76. The molecule has 0 fully saturated rings. The number of hydrogen-bond acceptors (Lipinski definition) is 1. The minimum absolute atomic E-state index is 0.291. The van der Waals surface area contributed by atoms with Gasteiger partial charge in [-0.15, -0.1) is 0 Å². The molecule has 2 bridgehead atoms. The van der Waals surface area contributed by atoms with Crippen molar-refractivity contribution in [1.29, 1.82) is 0 Å². The number of hydrogen-bond donors (Lipinski definition) is 1. The van der Waals surface area contributed by atoms with E-state index < -0.39 is 0 Å². The molecule has 1 heteroatoms. The standard InChI is InChI=1S/C12H16O/c1-9-10-5-2-3-7-11(9)12(13)8-4-6-10/h2-5,7-13H,6H2,1H3/t9-,10+,11+,12-/m1/s1. The van der Waals surface area contributed by atoms with E-state index in [0.717, 1.165) is 6.42 Å². The molecular weight excluding hydrogens is 160 g/mol. The van der Waals surface area contributed by atoms with Gasteiger partial charge in [0.2, 0.25) is 0 Å². The summed E-state index contributed by atoms with van der Waals surface area (Å²) in [6, 6.07) is 0. The molecule has 0 amide bonds. The van der Waals surface area contributed by atoms with E-state index in [1.807, 2.05) is 6.08 Å². The molecule has 4 atom stereocenters. The van der Waals surface area contributed by atoms with Crippen molar-refractivity contribution in [2.24, 2.45) is 17.8 Å². The van der Waals surface area contributed by atoms with Crippen LogP contribution in [0.1, 0.15) is 13.3 Å². The number of fused-ring (bicyclic) bond motifs is 2. The first-order valence-corrected chi connectivity index (χ1v) is 4.99. The normalized spacial score (nSPS) is 42.9. The predicted octanol–water partition coefficient (Wildman–Crippen LogP) is 2.30. The molecule has 0 aromatic heterocycles. The Labute approximate surface area is 79.5 Å². The van der Waals surface area contributed by atoms with Crippen LogP contribution in [0.15, 0.2) is 36.5 Å². The minimum Gasteiger partial charge on any atom is -0.388 e. The van der Waals surface area contributed by atoms with Gasteiger partial charge in [-0.05, 0) is 18.3 Å². The Hall–Kier alpha value is -0.820. The Kier molecular flexibility index (Phi) is 2.36. The highest BCUT2D eigenvalue weighted by Crippen LogP contribution is 2.33. The zero-order valence-electron chi connectivity index (χ0n) is 7.93. The summed E-state index contributed by atoms with van der Waals surface area (Å²) < 4.78 is 0. The maximum atomic E-state index is 9.83. The first-order valence-electron chi connectivity index (χ1n) is 4.99. The fourth-order valence-corrected chi connectivity index (χ4v) is 2.26. The van der Waals surface area contributed by atoms with Gasteiger partial charge in [0.25, 0.3) is 0 Å². The third-order valence-corrected chi connectivity index (χ3v) is 3.22. The Morgan fingerprint density at radius 3 is 2.77 bits per heavy atom. The van der Waals surface area contributed by atoms with E-state index in [4.69, 9.17) is 0 Å². The first-order chi connectivity index (χ1) is 6.29. The molecule has 70 valence electrons. The molecule has 2 rings (SSSR count). The van der Waals surface area contributed by atoms with Crippen LogP contribution < -0.4 is 0 Å². The summed E-state index contributed by atoms with van der Waals surface area (Å²) in [5, 5.41) is 9.83. The second kappa shape index (κ2) is 3.51. The quantitative estimate of drug-likeness (QED) is 0.561. The summed E-state index contributed by atoms with van der Waals surface area (Å²) in [6.45, 7) is 2.23. The topological polar surface area (TPSA) is 20.2 Å². The SMILES string of the molecule is C[C@H]1[C@@H]2C=CC=C[C@H]1CC=C[C@H]2O. The highest BCUT2D eigenvalue weighted by molar-refractivity contribution is 5.17. The van der Waals surface area contributed by atoms with Gasteiger partial charge in [-0.25, -0.2) is 0 Å². The lowest BCUT2D eigenvalue weighted by atomic mass is 9.81. The van der Waals surface area contributed by atoms with Crippen LogP contribution in [-0.2, 0) is 0 Å². The fourth-order valence-electron chi connectivity index (χ4n) is 2.26. The molecule has 0 aromatic rings. The lowest BCUT2D eigenvalue weighted by molar-refractivity contribution is 0.137. The fraction of sp³-hybridized carbons (Fsp3) is 0.500. The summed E-state index contributed by atoms with van der Waals surface area (Å²) in [4.78, 5) is 0. The lowest BCUT2D eigenvalue weighted by Gasteiger charge is -2.25. The molecule has 2 aliphatic carbocycles. The Morgan fingerprint density at radius 2 is 1.92 bits per heavy atom. The van der Waals surface area contributed by atoms with Gasteiger partial charge in [-0.3, -0.25) is 0 Å². The number of aliphatic hydroxyl groups excluding tert-OH is 1. The van der Waals surface area contributed by atoms with Crippen LogP contribution in [0.3, 0.4) is 0 Å². The maximum absolute atomic E-state index is 9.83. The van der Waals surface area contributed by atoms with E-state index in [9.17, 15) is 5.11 Å². The van der Waals surface area contributed by atoms with Gasteiger partial charge in [0.15, 0.2) is 0 Å². The summed E-state index contributed by atoms with van der Waals surface area (Å²) in [7, 11) is 0. The maximum Gasteiger partial charge on any atom is 0.0786 e. The van der Waals surface area contributed by atoms with Crippen LogP contribution >= 0.6 is 0 Å². The molecule has 0 saturated carbocycles. The van der Waals surface area contributed by atoms with Gasteiger partial charge >= 0.3 is 0 Å². The van der Waals surface area contributed by atoms with Crippen molar-refractivity contribution in [3.63, 3.8) is 0 Å². The van der Waals surface area contributed by atoms with E-state index in [1.54, 1.807) is 0 Å². The highest BCUT2D eigenvalue weighted by Gasteiger charge is 2.29. The molecule has 1 N–H and O–H groups in total. The number of allylic oxidation sites excluding steroid dienone is 4. The summed E-state index contributed by atoms with van der Waals surface area (Å²) >= 11 is 0. The molecule has 0 aromatic carbocycles. The van der Waals surface area contributed by atoms with E-state index in [2.05, 4.69) is 37.3 Å². The molecule has 13 heavy (non-hydrogen) atoms. The monoisotopic (exact) mass is 176 g/mol. The number of rotatable bonds is 0. The zero-order valence-corrected chi connectivity index (χ0v) is 7.93. The zero-order chi connectivity index (χ0) is 9.26. The summed E-state index contributed by atoms with van der Waals surface area (Å²) in [6.07, 6.45) is 13.4. The molecular formula is C12H16O. The summed E-state index contributed by atoms with van der Waals surface area (Å²) in [5.74, 6) is 1.42. The Bertz CT molecular complexity index is 262. The van der Waals surface area contributed by atoms with Crippen LogP contribution in [0.25, 0.3) is 0 Å². The van der Waals surface area contributed by atoms with Gasteiger partial charge in [0.05, 0.1) is 6.10 Å². The number of aliphatic hydroxyl groups is 1. The molecule has 0 spiro atoms. The van der Waals surface area contributed by atoms with Gasteiger partial charge < -0.3 is 5.11 Å². The third-order valence-electron chi connectivity index (χ3n) is 3.22. The second-order valence-electron chi connectivity index (χ2n) is 4.02. The average molecular weight is 176 g/mol. The molecule has 2 aliphatic rings. The van der Waals surface area contributed by atoms with Crippen molar-refractivity contribution < 1.29 is 5.11 Å². The smallest absolute Gasteiger partial charge is 0.0786 e. The Morgan fingerprint density at radius 1 is 1.15 bits per heavy atom. The molecule has 1 nitrogen and oxygen atoms in total. The van der Waals surface area contributed by atoms with E-state index >= 15 is 0 Å². The largest absolute Gasteiger partial charge is 0.388 e. The van der Waals surface area contributed by atoms with Crippen molar-refractivity contribution in [2.45, 2.75) is 19.4 Å². The minimum atomic E-state index is -0.295. The molecule has 0 saturated heterocycles. The van der Waals surface area contributed by atoms with Gasteiger partial charge in [0, 0.05) is 5.92 Å². The lowest BCUT2D eigenvalue weighted by Crippen LogP contribution is -2.25. The van der Waals surface area contributed by atoms with Crippen molar-refractivity contribution in [1.82, 2.24) is 0 Å². The van der Waals surface area contributed by atoms with Crippen molar-refractivity contribution in [2.75, 3.05) is 0 Å². The van der Waals surface area contributed by atoms with Crippen molar-refractivity contribution >= 4 is 0 Å². The predicted molar refractivity (Wildman–Crippen MR) is 54.2 cm³/mol. The van der Waals surface area contributed by atoms with Crippen LogP contribution in [-0.4, -0.2) is 11.2 Å². The van der Waals surface area contributed by atoms with Gasteiger partial charge in [-0.2, -0.15) is 0 Å². The van der Waals surface area contributed by atoms with E-state index in [0.29, 0.717) is 17.8 Å². The highest BCUT2D eigenvalue weighted by atomic mass is 16.3. The molecule has 0 unspecified atom stereocenters. The second-order valence-corrected chi connectivity index (χ2v) is 4.02. The van der Waals surface area contributed by atoms with E-state index in [-0.39, 0.29) is 6.10 Å². The van der Waals surface area contributed by atoms with E-state index in [1.165, 1.54) is 0 Å². The van der Waals surface area contributed by atoms with Crippen LogP contribution in [0.2, 0.25) is 0 Å². The van der Waals surface area contributed by atoms with Crippen LogP contribution in [0, 0.1) is 17.8 Å². The van der Waals surface area contributed by atoms with Crippen LogP contribution in [0.4, 0.5) is 0 Å².